The van der Waals surface area contributed by atoms with Crippen LogP contribution in [0.2, 0.25) is 10.0 Å². The zero-order chi connectivity index (χ0) is 21.0. The minimum absolute atomic E-state index is 0.00281. The van der Waals surface area contributed by atoms with Crippen LogP contribution in [0.4, 0.5) is 8.78 Å². The molecule has 0 aromatic heterocycles. The number of nitrogens with zero attached hydrogens (tertiary/aromatic N) is 1. The Balaban J connectivity index is 1.61. The highest BCUT2D eigenvalue weighted by atomic mass is 35.5. The van der Waals surface area contributed by atoms with E-state index in [1.807, 2.05) is 0 Å². The van der Waals surface area contributed by atoms with Crippen molar-refractivity contribution in [1.82, 2.24) is 4.90 Å². The summed E-state index contributed by atoms with van der Waals surface area (Å²) in [6.07, 6.45) is -0.446. The molecule has 2 aromatic carbocycles. The van der Waals surface area contributed by atoms with Crippen molar-refractivity contribution < 1.29 is 27.8 Å². The first-order chi connectivity index (χ1) is 13.9. The maximum absolute atomic E-state index is 14.2. The molecule has 0 bridgehead atoms. The second-order valence-electron chi connectivity index (χ2n) is 6.43. The van der Waals surface area contributed by atoms with Crippen LogP contribution in [-0.2, 0) is 16.1 Å². The first-order valence-electron chi connectivity index (χ1n) is 8.85. The SMILES string of the molecule is COc1cc(F)c(C(=O)N2CCOC(COCc3c(Cl)cccc3Cl)C2)c(F)c1. The van der Waals surface area contributed by atoms with Gasteiger partial charge in [0.05, 0.1) is 33.0 Å². The summed E-state index contributed by atoms with van der Waals surface area (Å²) in [6, 6.07) is 7.11. The number of benzene rings is 2. The summed E-state index contributed by atoms with van der Waals surface area (Å²) >= 11 is 12.2. The molecule has 1 amide bonds. The highest BCUT2D eigenvalue weighted by Gasteiger charge is 2.29. The molecule has 1 unspecified atom stereocenters. The molecule has 0 N–H and O–H groups in total. The Hall–Kier alpha value is -1.93. The van der Waals surface area contributed by atoms with Gasteiger partial charge in [-0.3, -0.25) is 4.79 Å². The van der Waals surface area contributed by atoms with Crippen LogP contribution in [-0.4, -0.2) is 50.3 Å². The Morgan fingerprint density at radius 3 is 2.52 bits per heavy atom. The average Bonchev–Trinajstić information content (AvgIpc) is 2.69. The number of rotatable bonds is 6. The van der Waals surface area contributed by atoms with E-state index in [9.17, 15) is 13.6 Å². The summed E-state index contributed by atoms with van der Waals surface area (Å²) in [7, 11) is 1.29. The van der Waals surface area contributed by atoms with Crippen molar-refractivity contribution >= 4 is 29.1 Å². The van der Waals surface area contributed by atoms with Crippen LogP contribution in [0, 0.1) is 11.6 Å². The smallest absolute Gasteiger partial charge is 0.260 e. The molecule has 0 radical (unpaired) electrons. The molecule has 1 aliphatic rings. The second-order valence-corrected chi connectivity index (χ2v) is 7.24. The lowest BCUT2D eigenvalue weighted by Gasteiger charge is -2.33. The van der Waals surface area contributed by atoms with Crippen molar-refractivity contribution in [2.24, 2.45) is 0 Å². The summed E-state index contributed by atoms with van der Waals surface area (Å²) in [5.41, 5.74) is 0.0390. The van der Waals surface area contributed by atoms with Gasteiger partial charge >= 0.3 is 0 Å². The van der Waals surface area contributed by atoms with Crippen molar-refractivity contribution in [2.45, 2.75) is 12.7 Å². The van der Waals surface area contributed by atoms with Crippen molar-refractivity contribution in [3.8, 4) is 5.75 Å². The van der Waals surface area contributed by atoms with E-state index in [2.05, 4.69) is 0 Å². The van der Waals surface area contributed by atoms with Gasteiger partial charge in [0.25, 0.3) is 5.91 Å². The number of carbonyl (C=O) groups is 1. The van der Waals surface area contributed by atoms with E-state index in [4.69, 9.17) is 37.4 Å². The van der Waals surface area contributed by atoms with Crippen LogP contribution in [0.1, 0.15) is 15.9 Å². The molecule has 1 fully saturated rings. The fraction of sp³-hybridized carbons (Fsp3) is 0.350. The van der Waals surface area contributed by atoms with Gasteiger partial charge in [-0.2, -0.15) is 0 Å². The van der Waals surface area contributed by atoms with Crippen LogP contribution >= 0.6 is 23.2 Å². The van der Waals surface area contributed by atoms with Gasteiger partial charge in [-0.05, 0) is 12.1 Å². The summed E-state index contributed by atoms with van der Waals surface area (Å²) in [5, 5.41) is 0.980. The molecule has 1 atom stereocenters. The topological polar surface area (TPSA) is 48.0 Å². The van der Waals surface area contributed by atoms with Crippen molar-refractivity contribution in [3.05, 3.63) is 63.1 Å². The van der Waals surface area contributed by atoms with E-state index >= 15 is 0 Å². The predicted molar refractivity (Wildman–Crippen MR) is 105 cm³/mol. The van der Waals surface area contributed by atoms with E-state index in [1.54, 1.807) is 18.2 Å². The summed E-state index contributed by atoms with van der Waals surface area (Å²) in [4.78, 5) is 14.0. The highest BCUT2D eigenvalue weighted by molar-refractivity contribution is 6.35. The number of carbonyl (C=O) groups excluding carboxylic acids is 1. The first kappa shape index (κ1) is 21.8. The molecule has 3 rings (SSSR count). The lowest BCUT2D eigenvalue weighted by Crippen LogP contribution is -2.47. The van der Waals surface area contributed by atoms with Crippen LogP contribution in [0.15, 0.2) is 30.3 Å². The summed E-state index contributed by atoms with van der Waals surface area (Å²) in [6.45, 7) is 0.926. The number of amides is 1. The number of halogens is 4. The van der Waals surface area contributed by atoms with Crippen molar-refractivity contribution in [3.63, 3.8) is 0 Å². The van der Waals surface area contributed by atoms with Gasteiger partial charge in [0.1, 0.15) is 22.9 Å². The number of hydrogen-bond acceptors (Lipinski definition) is 4. The lowest BCUT2D eigenvalue weighted by molar-refractivity contribution is -0.0648. The van der Waals surface area contributed by atoms with Gasteiger partial charge in [0, 0.05) is 40.8 Å². The second kappa shape index (κ2) is 9.71. The zero-order valence-corrected chi connectivity index (χ0v) is 17.1. The number of morpholine rings is 1. The van der Waals surface area contributed by atoms with Gasteiger partial charge in [0.2, 0.25) is 0 Å². The van der Waals surface area contributed by atoms with Gasteiger partial charge in [-0.1, -0.05) is 29.3 Å². The Morgan fingerprint density at radius 2 is 1.90 bits per heavy atom. The molecule has 0 saturated carbocycles. The number of methoxy groups -OCH3 is 1. The third-order valence-corrected chi connectivity index (χ3v) is 5.21. The van der Waals surface area contributed by atoms with E-state index in [0.29, 0.717) is 15.6 Å². The van der Waals surface area contributed by atoms with Crippen LogP contribution in [0.5, 0.6) is 5.75 Å². The van der Waals surface area contributed by atoms with E-state index in [0.717, 1.165) is 12.1 Å². The monoisotopic (exact) mass is 445 g/mol. The molecule has 29 heavy (non-hydrogen) atoms. The molecule has 156 valence electrons. The fourth-order valence-corrected chi connectivity index (χ4v) is 3.50. The van der Waals surface area contributed by atoms with Gasteiger partial charge in [0.15, 0.2) is 0 Å². The third kappa shape index (κ3) is 5.17. The van der Waals surface area contributed by atoms with Crippen molar-refractivity contribution in [2.75, 3.05) is 33.4 Å². The van der Waals surface area contributed by atoms with Crippen molar-refractivity contribution in [1.29, 1.82) is 0 Å². The third-order valence-electron chi connectivity index (χ3n) is 4.50. The quantitative estimate of drug-likeness (QED) is 0.663. The Morgan fingerprint density at radius 1 is 1.24 bits per heavy atom. The van der Waals surface area contributed by atoms with Crippen LogP contribution in [0.25, 0.3) is 0 Å². The molecular weight excluding hydrogens is 427 g/mol. The van der Waals surface area contributed by atoms with Gasteiger partial charge < -0.3 is 19.1 Å². The molecule has 1 saturated heterocycles. The van der Waals surface area contributed by atoms with Gasteiger partial charge in [-0.25, -0.2) is 8.78 Å². The fourth-order valence-electron chi connectivity index (χ4n) is 3.00. The molecule has 0 spiro atoms. The maximum atomic E-state index is 14.2. The Labute approximate surface area is 177 Å². The van der Waals surface area contributed by atoms with Gasteiger partial charge in [-0.15, -0.1) is 0 Å². The largest absolute Gasteiger partial charge is 0.497 e. The number of hydrogen-bond donors (Lipinski definition) is 0. The normalized spacial score (nSPS) is 16.7. The molecule has 5 nitrogen and oxygen atoms in total. The number of ether oxygens (including phenoxy) is 3. The predicted octanol–water partition coefficient (Wildman–Crippen LogP) is 4.34. The molecular formula is C20H19Cl2F2NO4. The Bertz CT molecular complexity index is 854. The molecule has 1 heterocycles. The van der Waals surface area contributed by atoms with E-state index < -0.39 is 29.2 Å². The van der Waals surface area contributed by atoms with Crippen LogP contribution in [0.3, 0.4) is 0 Å². The highest BCUT2D eigenvalue weighted by Crippen LogP contribution is 2.25. The van der Waals surface area contributed by atoms with Crippen LogP contribution < -0.4 is 4.74 Å². The maximum Gasteiger partial charge on any atom is 0.260 e. The Kier molecular flexibility index (Phi) is 7.29. The minimum atomic E-state index is -0.973. The molecule has 9 heteroatoms. The summed E-state index contributed by atoms with van der Waals surface area (Å²) < 4.78 is 44.5. The zero-order valence-electron chi connectivity index (χ0n) is 15.6. The standard InChI is InChI=1S/C20H19Cl2F2NO4/c1-27-12-7-17(23)19(18(24)8-12)20(26)25-5-6-29-13(9-25)10-28-11-14-15(21)3-2-4-16(14)22/h2-4,7-8,13H,5-6,9-11H2,1H3. The summed E-state index contributed by atoms with van der Waals surface area (Å²) in [5.74, 6) is -2.69. The molecule has 1 aliphatic heterocycles. The van der Waals surface area contributed by atoms with E-state index in [1.165, 1.54) is 12.0 Å². The molecule has 0 aliphatic carbocycles. The lowest BCUT2D eigenvalue weighted by atomic mass is 10.1. The van der Waals surface area contributed by atoms with E-state index in [-0.39, 0.29) is 38.7 Å². The minimum Gasteiger partial charge on any atom is -0.497 e. The first-order valence-corrected chi connectivity index (χ1v) is 9.60. The average molecular weight is 446 g/mol. The molecule has 2 aromatic rings.